The maximum Gasteiger partial charge on any atom is 0.310 e. The molecular formula is C31H42N2O5S. The van der Waals surface area contributed by atoms with Crippen LogP contribution in [-0.2, 0) is 19.1 Å². The molecule has 0 radical (unpaired) electrons. The molecule has 5 atom stereocenters. The number of aliphatic hydroxyl groups excluding tert-OH is 1. The van der Waals surface area contributed by atoms with Crippen LogP contribution in [0.15, 0.2) is 43.5 Å². The van der Waals surface area contributed by atoms with E-state index in [1.807, 2.05) is 32.0 Å². The Labute approximate surface area is 236 Å². The lowest BCUT2D eigenvalue weighted by atomic mass is 9.71. The number of rotatable bonds is 14. The topological polar surface area (TPSA) is 87.2 Å². The van der Waals surface area contributed by atoms with Crippen LogP contribution in [0.2, 0.25) is 0 Å². The SMILES string of the molecule is C=CCCCOC(=O)[C@@H]1[C@@H]2CCC3(S2)C(C(=O)N(CC=C)c2cc(C)ccc2C)N(CCCCCO)C(=O)[C@H]13. The normalized spacial score (nSPS) is 26.9. The number of carbonyl (C=O) groups excluding carboxylic acids is 3. The zero-order chi connectivity index (χ0) is 28.2. The van der Waals surface area contributed by atoms with Crippen molar-refractivity contribution in [3.05, 3.63) is 54.6 Å². The van der Waals surface area contributed by atoms with Gasteiger partial charge in [0.25, 0.3) is 5.91 Å². The Kier molecular flexibility index (Phi) is 9.60. The summed E-state index contributed by atoms with van der Waals surface area (Å²) in [4.78, 5) is 45.6. The van der Waals surface area contributed by atoms with Crippen molar-refractivity contribution in [3.63, 3.8) is 0 Å². The minimum Gasteiger partial charge on any atom is -0.465 e. The summed E-state index contributed by atoms with van der Waals surface area (Å²) < 4.78 is 5.00. The van der Waals surface area contributed by atoms with Crippen molar-refractivity contribution >= 4 is 35.2 Å². The van der Waals surface area contributed by atoms with E-state index in [1.165, 1.54) is 0 Å². The van der Waals surface area contributed by atoms with Crippen LogP contribution in [0.1, 0.15) is 56.1 Å². The van der Waals surface area contributed by atoms with Gasteiger partial charge >= 0.3 is 5.97 Å². The summed E-state index contributed by atoms with van der Waals surface area (Å²) in [5.74, 6) is -1.65. The van der Waals surface area contributed by atoms with E-state index in [4.69, 9.17) is 4.74 Å². The van der Waals surface area contributed by atoms with Crippen LogP contribution in [0.3, 0.4) is 0 Å². The number of fused-ring (bicyclic) bond motifs is 1. The summed E-state index contributed by atoms with van der Waals surface area (Å²) in [6.07, 6.45) is 8.59. The fraction of sp³-hybridized carbons (Fsp3) is 0.581. The number of ether oxygens (including phenoxy) is 1. The van der Waals surface area contributed by atoms with E-state index in [0.717, 1.165) is 42.5 Å². The summed E-state index contributed by atoms with van der Waals surface area (Å²) in [5, 5.41) is 9.24. The molecule has 2 bridgehead atoms. The van der Waals surface area contributed by atoms with Gasteiger partial charge in [0.15, 0.2) is 0 Å². The van der Waals surface area contributed by atoms with Gasteiger partial charge in [0.2, 0.25) is 5.91 Å². The van der Waals surface area contributed by atoms with Gasteiger partial charge in [0.05, 0.1) is 23.2 Å². The number of benzene rings is 1. The second-order valence-corrected chi connectivity index (χ2v) is 12.6. The summed E-state index contributed by atoms with van der Waals surface area (Å²) in [5.41, 5.74) is 2.85. The number of amides is 2. The van der Waals surface area contributed by atoms with Crippen LogP contribution in [0.25, 0.3) is 0 Å². The Hall–Kier alpha value is -2.58. The summed E-state index contributed by atoms with van der Waals surface area (Å²) in [6.45, 7) is 12.8. The standard InChI is InChI=1S/C31H42N2O5S/c1-5-7-11-19-38-30(37)25-24-14-15-31(39-24)26(25)28(35)33(17-9-8-10-18-34)27(31)29(36)32(16-6-2)23-20-21(3)12-13-22(23)4/h5-6,12-13,20,24-27,34H,1-2,7-11,14-19H2,3-4H3/t24-,25+,26-,27?,31?/m0/s1. The molecule has 3 aliphatic rings. The van der Waals surface area contributed by atoms with E-state index in [-0.39, 0.29) is 29.6 Å². The number of nitrogens with zero attached hydrogens (tertiary/aromatic N) is 2. The van der Waals surface area contributed by atoms with Gasteiger partial charge in [-0.2, -0.15) is 0 Å². The second kappa shape index (κ2) is 12.7. The Bertz CT molecular complexity index is 1110. The Balaban J connectivity index is 1.69. The molecule has 3 saturated heterocycles. The monoisotopic (exact) mass is 554 g/mol. The average Bonchev–Trinajstić information content (AvgIpc) is 3.56. The van der Waals surface area contributed by atoms with Crippen molar-refractivity contribution in [3.8, 4) is 0 Å². The van der Waals surface area contributed by atoms with Gasteiger partial charge in [-0.15, -0.1) is 24.9 Å². The van der Waals surface area contributed by atoms with Gasteiger partial charge in [-0.3, -0.25) is 14.4 Å². The van der Waals surface area contributed by atoms with Crippen molar-refractivity contribution < 1.29 is 24.2 Å². The van der Waals surface area contributed by atoms with E-state index in [0.29, 0.717) is 39.0 Å². The molecule has 1 aromatic rings. The first-order valence-corrected chi connectivity index (χ1v) is 15.0. The molecule has 0 aliphatic carbocycles. The van der Waals surface area contributed by atoms with E-state index >= 15 is 0 Å². The molecule has 3 aliphatic heterocycles. The number of allylic oxidation sites excluding steroid dienone is 1. The van der Waals surface area contributed by atoms with Crippen molar-refractivity contribution in [1.29, 1.82) is 0 Å². The molecule has 3 heterocycles. The maximum atomic E-state index is 14.6. The van der Waals surface area contributed by atoms with Gasteiger partial charge in [0.1, 0.15) is 6.04 Å². The summed E-state index contributed by atoms with van der Waals surface area (Å²) in [7, 11) is 0. The molecule has 0 saturated carbocycles. The average molecular weight is 555 g/mol. The van der Waals surface area contributed by atoms with E-state index in [9.17, 15) is 19.5 Å². The molecule has 39 heavy (non-hydrogen) atoms. The minimum absolute atomic E-state index is 0.0220. The molecule has 1 N–H and O–H groups in total. The number of carbonyl (C=O) groups is 3. The van der Waals surface area contributed by atoms with Crippen molar-refractivity contribution in [1.82, 2.24) is 4.90 Å². The number of likely N-dealkylation sites (tertiary alicyclic amines) is 1. The van der Waals surface area contributed by atoms with E-state index < -0.39 is 22.6 Å². The number of hydrogen-bond donors (Lipinski definition) is 1. The van der Waals surface area contributed by atoms with Crippen LogP contribution in [-0.4, -0.2) is 70.1 Å². The maximum absolute atomic E-state index is 14.6. The number of unbranched alkanes of at least 4 members (excludes halogenated alkanes) is 3. The molecule has 7 nitrogen and oxygen atoms in total. The fourth-order valence-corrected chi connectivity index (χ4v) is 8.80. The highest BCUT2D eigenvalue weighted by molar-refractivity contribution is 8.02. The number of anilines is 1. The zero-order valence-electron chi connectivity index (χ0n) is 23.3. The second-order valence-electron chi connectivity index (χ2n) is 11.0. The van der Waals surface area contributed by atoms with Crippen molar-refractivity contribution in [2.24, 2.45) is 11.8 Å². The Morgan fingerprint density at radius 2 is 2.00 bits per heavy atom. The number of esters is 1. The molecule has 3 fully saturated rings. The highest BCUT2D eigenvalue weighted by Gasteiger charge is 2.74. The Morgan fingerprint density at radius 3 is 2.72 bits per heavy atom. The molecule has 2 unspecified atom stereocenters. The van der Waals surface area contributed by atoms with Gasteiger partial charge in [-0.1, -0.05) is 24.3 Å². The van der Waals surface area contributed by atoms with Crippen LogP contribution in [0, 0.1) is 25.7 Å². The number of hydrogen-bond acceptors (Lipinski definition) is 6. The third-order valence-corrected chi connectivity index (χ3v) is 10.3. The molecule has 2 amide bonds. The summed E-state index contributed by atoms with van der Waals surface area (Å²) >= 11 is 1.66. The molecule has 4 rings (SSSR count). The first-order chi connectivity index (χ1) is 18.8. The first-order valence-electron chi connectivity index (χ1n) is 14.2. The number of aliphatic hydroxyl groups is 1. The highest BCUT2D eigenvalue weighted by Crippen LogP contribution is 2.66. The molecule has 0 aromatic heterocycles. The van der Waals surface area contributed by atoms with Gasteiger partial charge < -0.3 is 19.6 Å². The van der Waals surface area contributed by atoms with E-state index in [2.05, 4.69) is 13.2 Å². The van der Waals surface area contributed by atoms with Crippen LogP contribution < -0.4 is 4.90 Å². The fourth-order valence-electron chi connectivity index (χ4n) is 6.60. The van der Waals surface area contributed by atoms with Crippen LogP contribution in [0.4, 0.5) is 5.69 Å². The van der Waals surface area contributed by atoms with Gasteiger partial charge in [0, 0.05) is 30.6 Å². The molecule has 1 aromatic carbocycles. The Morgan fingerprint density at radius 1 is 1.21 bits per heavy atom. The van der Waals surface area contributed by atoms with Crippen molar-refractivity contribution in [2.45, 2.75) is 74.8 Å². The lowest BCUT2D eigenvalue weighted by Crippen LogP contribution is -2.55. The van der Waals surface area contributed by atoms with Crippen LogP contribution >= 0.6 is 11.8 Å². The third kappa shape index (κ3) is 5.55. The van der Waals surface area contributed by atoms with Crippen molar-refractivity contribution in [2.75, 3.05) is 31.2 Å². The predicted octanol–water partition coefficient (Wildman–Crippen LogP) is 4.59. The lowest BCUT2D eigenvalue weighted by Gasteiger charge is -2.37. The molecule has 8 heteroatoms. The van der Waals surface area contributed by atoms with Gasteiger partial charge in [-0.05, 0) is 76.0 Å². The zero-order valence-corrected chi connectivity index (χ0v) is 24.1. The van der Waals surface area contributed by atoms with E-state index in [1.54, 1.807) is 33.7 Å². The number of aryl methyl sites for hydroxylation is 2. The lowest BCUT2D eigenvalue weighted by molar-refractivity contribution is -0.154. The number of thioether (sulfide) groups is 1. The summed E-state index contributed by atoms with van der Waals surface area (Å²) in [6, 6.07) is 5.38. The minimum atomic E-state index is -0.669. The molecule has 1 spiro atoms. The predicted molar refractivity (Wildman–Crippen MR) is 156 cm³/mol. The smallest absolute Gasteiger partial charge is 0.310 e. The first kappa shape index (κ1) is 29.4. The molecular weight excluding hydrogens is 512 g/mol. The van der Waals surface area contributed by atoms with Crippen LogP contribution in [0.5, 0.6) is 0 Å². The van der Waals surface area contributed by atoms with Gasteiger partial charge in [-0.25, -0.2) is 0 Å². The molecule has 212 valence electrons. The largest absolute Gasteiger partial charge is 0.465 e. The third-order valence-electron chi connectivity index (χ3n) is 8.39. The quantitative estimate of drug-likeness (QED) is 0.206. The highest BCUT2D eigenvalue weighted by atomic mass is 32.2.